The number of hydrogen-bond acceptors (Lipinski definition) is 10. The second-order valence-electron chi connectivity index (χ2n) is 9.15. The van der Waals surface area contributed by atoms with E-state index in [1.54, 1.807) is 81.6 Å². The number of benzene rings is 2. The molecule has 0 N–H and O–H groups in total. The Balaban J connectivity index is 1.66. The summed E-state index contributed by atoms with van der Waals surface area (Å²) in [5.41, 5.74) is 1.79. The minimum atomic E-state index is -0.859. The molecule has 5 rings (SSSR count). The van der Waals surface area contributed by atoms with Crippen molar-refractivity contribution in [2.75, 3.05) is 27.9 Å². The summed E-state index contributed by atoms with van der Waals surface area (Å²) >= 11 is 1.17. The van der Waals surface area contributed by atoms with Crippen LogP contribution in [0.1, 0.15) is 41.6 Å². The van der Waals surface area contributed by atoms with Crippen LogP contribution in [0.3, 0.4) is 0 Å². The van der Waals surface area contributed by atoms with Crippen LogP contribution in [0.2, 0.25) is 0 Å². The highest BCUT2D eigenvalue weighted by atomic mass is 32.1. The number of esters is 2. The molecular weight excluding hydrogens is 560 g/mol. The highest BCUT2D eigenvalue weighted by Crippen LogP contribution is 2.37. The zero-order valence-corrected chi connectivity index (χ0v) is 24.4. The van der Waals surface area contributed by atoms with E-state index in [1.807, 2.05) is 0 Å². The van der Waals surface area contributed by atoms with Crippen molar-refractivity contribution in [1.82, 2.24) is 4.57 Å². The first-order chi connectivity index (χ1) is 20.3. The maximum atomic E-state index is 14.0. The lowest BCUT2D eigenvalue weighted by Gasteiger charge is -2.26. The third-order valence-corrected chi connectivity index (χ3v) is 7.73. The fourth-order valence-electron chi connectivity index (χ4n) is 4.82. The molecule has 0 fully saturated rings. The van der Waals surface area contributed by atoms with Crippen molar-refractivity contribution in [2.24, 2.45) is 4.99 Å². The lowest BCUT2D eigenvalue weighted by atomic mass is 9.95. The number of rotatable bonds is 8. The Morgan fingerprint density at radius 1 is 1.05 bits per heavy atom. The molecule has 3 heterocycles. The number of carbonyl (C=O) groups excluding carboxylic acids is 2. The van der Waals surface area contributed by atoms with Gasteiger partial charge in [-0.15, -0.1) is 0 Å². The molecule has 0 saturated carbocycles. The summed E-state index contributed by atoms with van der Waals surface area (Å²) < 4.78 is 29.1. The van der Waals surface area contributed by atoms with Crippen LogP contribution in [0.5, 0.6) is 11.5 Å². The monoisotopic (exact) mass is 588 g/mol. The fraction of sp³-hybridized carbons (Fsp3) is 0.226. The molecule has 4 aromatic rings. The molecule has 1 aliphatic heterocycles. The van der Waals surface area contributed by atoms with Crippen molar-refractivity contribution in [3.8, 4) is 22.8 Å². The molecule has 0 spiro atoms. The van der Waals surface area contributed by atoms with Gasteiger partial charge in [0, 0.05) is 23.3 Å². The second kappa shape index (κ2) is 11.9. The van der Waals surface area contributed by atoms with E-state index in [1.165, 1.54) is 30.1 Å². The number of methoxy groups -OCH3 is 3. The van der Waals surface area contributed by atoms with E-state index in [0.29, 0.717) is 54.7 Å². The van der Waals surface area contributed by atoms with E-state index in [-0.39, 0.29) is 17.7 Å². The summed E-state index contributed by atoms with van der Waals surface area (Å²) in [6, 6.07) is 14.7. The lowest BCUT2D eigenvalue weighted by molar-refractivity contribution is -0.139. The number of fused-ring (bicyclic) bond motifs is 1. The number of furan rings is 1. The molecule has 42 heavy (non-hydrogen) atoms. The second-order valence-corrected chi connectivity index (χ2v) is 10.2. The Labute approximate surface area is 244 Å². The summed E-state index contributed by atoms with van der Waals surface area (Å²) in [4.78, 5) is 44.4. The summed E-state index contributed by atoms with van der Waals surface area (Å²) in [5, 5.41) is 0. The van der Waals surface area contributed by atoms with E-state index in [2.05, 4.69) is 4.99 Å². The molecule has 10 nitrogen and oxygen atoms in total. The Bertz CT molecular complexity index is 1900. The van der Waals surface area contributed by atoms with Crippen molar-refractivity contribution in [3.63, 3.8) is 0 Å². The zero-order chi connectivity index (χ0) is 30.0. The molecule has 0 amide bonds. The molecule has 2 aromatic heterocycles. The van der Waals surface area contributed by atoms with E-state index in [9.17, 15) is 14.4 Å². The van der Waals surface area contributed by atoms with E-state index in [4.69, 9.17) is 23.4 Å². The van der Waals surface area contributed by atoms with Gasteiger partial charge in [0.25, 0.3) is 5.56 Å². The minimum Gasteiger partial charge on any atom is -0.497 e. The van der Waals surface area contributed by atoms with Crippen LogP contribution in [0.25, 0.3) is 17.4 Å². The van der Waals surface area contributed by atoms with Gasteiger partial charge in [0.1, 0.15) is 29.1 Å². The summed E-state index contributed by atoms with van der Waals surface area (Å²) in [6.45, 7) is 3.59. The van der Waals surface area contributed by atoms with Crippen molar-refractivity contribution < 1.29 is 33.0 Å². The number of allylic oxidation sites excluding steroid dienone is 1. The first kappa shape index (κ1) is 28.6. The van der Waals surface area contributed by atoms with E-state index in [0.717, 1.165) is 0 Å². The topological polar surface area (TPSA) is 119 Å². The van der Waals surface area contributed by atoms with Gasteiger partial charge in [0.05, 0.1) is 49.3 Å². The molecule has 0 bridgehead atoms. The molecule has 2 aromatic carbocycles. The van der Waals surface area contributed by atoms with Gasteiger partial charge >= 0.3 is 11.9 Å². The molecule has 0 unspecified atom stereocenters. The maximum Gasteiger partial charge on any atom is 0.338 e. The van der Waals surface area contributed by atoms with Crippen molar-refractivity contribution >= 4 is 29.4 Å². The highest BCUT2D eigenvalue weighted by molar-refractivity contribution is 7.07. The highest BCUT2D eigenvalue weighted by Gasteiger charge is 2.35. The average Bonchev–Trinajstić information content (AvgIpc) is 3.59. The number of aromatic nitrogens is 1. The molecule has 0 saturated heterocycles. The maximum absolute atomic E-state index is 14.0. The number of ether oxygens (including phenoxy) is 4. The van der Waals surface area contributed by atoms with Crippen molar-refractivity contribution in [1.29, 1.82) is 0 Å². The van der Waals surface area contributed by atoms with Gasteiger partial charge in [0.2, 0.25) is 0 Å². The molecule has 11 heteroatoms. The molecule has 1 atom stereocenters. The van der Waals surface area contributed by atoms with Crippen LogP contribution in [-0.2, 0) is 14.3 Å². The quantitative estimate of drug-likeness (QED) is 0.285. The number of hydrogen-bond donors (Lipinski definition) is 0. The average molecular weight is 589 g/mol. The van der Waals surface area contributed by atoms with Crippen LogP contribution < -0.4 is 24.4 Å². The van der Waals surface area contributed by atoms with E-state index >= 15 is 0 Å². The van der Waals surface area contributed by atoms with Gasteiger partial charge in [-0.05, 0) is 44.2 Å². The summed E-state index contributed by atoms with van der Waals surface area (Å²) in [5.74, 6) is 0.773. The first-order valence-electron chi connectivity index (χ1n) is 13.0. The first-order valence-corrected chi connectivity index (χ1v) is 13.8. The number of carbonyl (C=O) groups is 2. The fourth-order valence-corrected chi connectivity index (χ4v) is 5.85. The minimum absolute atomic E-state index is 0.159. The number of thiazole rings is 1. The Kier molecular flexibility index (Phi) is 8.12. The third kappa shape index (κ3) is 5.14. The molecular formula is C31H28N2O8S. The summed E-state index contributed by atoms with van der Waals surface area (Å²) in [7, 11) is 4.37. The molecule has 1 aliphatic rings. The SMILES string of the molecule is CCOC(=O)C1=C(C)N=c2sc(=Cc3ccc(-c4ccccc4C(=O)OC)o3)c(=O)n2[C@H]1c1ccc(OC)cc1OC. The Morgan fingerprint density at radius 3 is 2.55 bits per heavy atom. The lowest BCUT2D eigenvalue weighted by Crippen LogP contribution is -2.40. The van der Waals surface area contributed by atoms with Crippen LogP contribution in [0.15, 0.2) is 80.1 Å². The van der Waals surface area contributed by atoms with Gasteiger partial charge in [-0.2, -0.15) is 0 Å². The number of nitrogens with zero attached hydrogens (tertiary/aromatic N) is 2. The zero-order valence-electron chi connectivity index (χ0n) is 23.6. The van der Waals surface area contributed by atoms with Gasteiger partial charge in [-0.1, -0.05) is 29.5 Å². The summed E-state index contributed by atoms with van der Waals surface area (Å²) in [6.07, 6.45) is 1.61. The van der Waals surface area contributed by atoms with Crippen LogP contribution in [0, 0.1) is 0 Å². The van der Waals surface area contributed by atoms with Gasteiger partial charge < -0.3 is 23.4 Å². The standard InChI is InChI=1S/C31H28N2O8S/c1-6-40-30(36)26-17(2)32-31-33(27(26)22-13-11-18(37-3)15-24(22)38-4)28(34)25(42-31)16-19-12-14-23(41-19)20-9-7-8-10-21(20)29(35)39-5/h7-16,27H,6H2,1-5H3/t27-/m0/s1. The van der Waals surface area contributed by atoms with Gasteiger partial charge in [0.15, 0.2) is 4.80 Å². The molecule has 216 valence electrons. The van der Waals surface area contributed by atoms with E-state index < -0.39 is 18.0 Å². The smallest absolute Gasteiger partial charge is 0.338 e. The van der Waals surface area contributed by atoms with Crippen LogP contribution in [0.4, 0.5) is 0 Å². The predicted molar refractivity (Wildman–Crippen MR) is 155 cm³/mol. The normalized spacial score (nSPS) is 14.7. The third-order valence-electron chi connectivity index (χ3n) is 6.75. The van der Waals surface area contributed by atoms with Crippen molar-refractivity contribution in [2.45, 2.75) is 19.9 Å². The Morgan fingerprint density at radius 2 is 1.83 bits per heavy atom. The van der Waals surface area contributed by atoms with Gasteiger partial charge in [-0.3, -0.25) is 9.36 Å². The molecule has 0 aliphatic carbocycles. The largest absolute Gasteiger partial charge is 0.497 e. The predicted octanol–water partition coefficient (Wildman–Crippen LogP) is 3.86. The van der Waals surface area contributed by atoms with Crippen molar-refractivity contribution in [3.05, 3.63) is 102 Å². The van der Waals surface area contributed by atoms with Gasteiger partial charge in [-0.25, -0.2) is 14.6 Å². The van der Waals surface area contributed by atoms with Crippen LogP contribution >= 0.6 is 11.3 Å². The Hall–Kier alpha value is -4.90. The molecule has 0 radical (unpaired) electrons. The van der Waals surface area contributed by atoms with Crippen LogP contribution in [-0.4, -0.2) is 44.4 Å².